The van der Waals surface area contributed by atoms with Gasteiger partial charge in [-0.1, -0.05) is 24.1 Å². The van der Waals surface area contributed by atoms with Crippen LogP contribution in [0.1, 0.15) is 24.8 Å². The van der Waals surface area contributed by atoms with Crippen LogP contribution in [0.2, 0.25) is 0 Å². The smallest absolute Gasteiger partial charge is 0.119 e. The summed E-state index contributed by atoms with van der Waals surface area (Å²) in [6.07, 6.45) is 3.64. The molecular formula is C16H25NO2. The summed E-state index contributed by atoms with van der Waals surface area (Å²) in [7, 11) is 2.08. The predicted octanol–water partition coefficient (Wildman–Crippen LogP) is 2.47. The van der Waals surface area contributed by atoms with Crippen molar-refractivity contribution in [3.8, 4) is 5.75 Å². The zero-order valence-corrected chi connectivity index (χ0v) is 12.0. The number of hydrogen-bond donors (Lipinski definition) is 1. The molecule has 0 aliphatic heterocycles. The largest absolute Gasteiger partial charge is 0.491 e. The van der Waals surface area contributed by atoms with Gasteiger partial charge < -0.3 is 14.7 Å². The molecule has 0 bridgehead atoms. The van der Waals surface area contributed by atoms with Crippen LogP contribution in [0.15, 0.2) is 24.3 Å². The maximum Gasteiger partial charge on any atom is 0.119 e. The van der Waals surface area contributed by atoms with Crippen molar-refractivity contribution in [3.05, 3.63) is 29.8 Å². The van der Waals surface area contributed by atoms with Gasteiger partial charge in [0.05, 0.1) is 0 Å². The Balaban J connectivity index is 1.65. The van der Waals surface area contributed by atoms with Crippen LogP contribution in [0.4, 0.5) is 0 Å². The lowest BCUT2D eigenvalue weighted by molar-refractivity contribution is 0.0665. The van der Waals surface area contributed by atoms with Crippen molar-refractivity contribution in [1.29, 1.82) is 0 Å². The van der Waals surface area contributed by atoms with Gasteiger partial charge in [-0.3, -0.25) is 0 Å². The second kappa shape index (κ2) is 6.92. The third-order valence-corrected chi connectivity index (χ3v) is 3.78. The maximum absolute atomic E-state index is 9.97. The normalized spacial score (nSPS) is 17.3. The van der Waals surface area contributed by atoms with Crippen LogP contribution in [0.5, 0.6) is 5.75 Å². The molecule has 3 heteroatoms. The summed E-state index contributed by atoms with van der Waals surface area (Å²) < 4.78 is 5.59. The third kappa shape index (κ3) is 4.84. The van der Waals surface area contributed by atoms with Crippen molar-refractivity contribution >= 4 is 0 Å². The third-order valence-electron chi connectivity index (χ3n) is 3.78. The minimum absolute atomic E-state index is 0.359. The second-order valence-corrected chi connectivity index (χ2v) is 5.80. The Labute approximate surface area is 116 Å². The molecule has 2 rings (SSSR count). The summed E-state index contributed by atoms with van der Waals surface area (Å²) in [5, 5.41) is 9.97. The average molecular weight is 263 g/mol. The van der Waals surface area contributed by atoms with Gasteiger partial charge in [0.15, 0.2) is 0 Å². The molecule has 1 aromatic carbocycles. The SMILES string of the molecule is Cc1ccc(OCC(O)CN(C)CC2CCC2)cc1. The summed E-state index contributed by atoms with van der Waals surface area (Å²) in [4.78, 5) is 2.22. The quantitative estimate of drug-likeness (QED) is 0.820. The molecule has 0 spiro atoms. The predicted molar refractivity (Wildman–Crippen MR) is 77.5 cm³/mol. The average Bonchev–Trinajstić information content (AvgIpc) is 2.33. The minimum Gasteiger partial charge on any atom is -0.491 e. The number of hydrogen-bond acceptors (Lipinski definition) is 3. The van der Waals surface area contributed by atoms with Gasteiger partial charge in [0.1, 0.15) is 18.5 Å². The number of ether oxygens (including phenoxy) is 1. The van der Waals surface area contributed by atoms with E-state index in [0.717, 1.165) is 18.2 Å². The number of aliphatic hydroxyl groups excluding tert-OH is 1. The van der Waals surface area contributed by atoms with E-state index in [1.807, 2.05) is 31.2 Å². The molecule has 1 saturated carbocycles. The number of aliphatic hydroxyl groups is 1. The number of aryl methyl sites for hydroxylation is 1. The van der Waals surface area contributed by atoms with Gasteiger partial charge in [-0.05, 0) is 44.9 Å². The van der Waals surface area contributed by atoms with E-state index in [1.165, 1.54) is 24.8 Å². The van der Waals surface area contributed by atoms with Crippen LogP contribution in [0.3, 0.4) is 0 Å². The zero-order chi connectivity index (χ0) is 13.7. The number of likely N-dealkylation sites (N-methyl/N-ethyl adjacent to an activating group) is 1. The zero-order valence-electron chi connectivity index (χ0n) is 12.0. The van der Waals surface area contributed by atoms with E-state index in [9.17, 15) is 5.11 Å². The molecule has 0 saturated heterocycles. The van der Waals surface area contributed by atoms with Crippen LogP contribution in [0, 0.1) is 12.8 Å². The lowest BCUT2D eigenvalue weighted by Gasteiger charge is -2.31. The van der Waals surface area contributed by atoms with Gasteiger partial charge in [-0.2, -0.15) is 0 Å². The molecule has 1 fully saturated rings. The maximum atomic E-state index is 9.97. The molecule has 0 heterocycles. The monoisotopic (exact) mass is 263 g/mol. The van der Waals surface area contributed by atoms with E-state index in [2.05, 4.69) is 11.9 Å². The molecule has 1 N–H and O–H groups in total. The fraction of sp³-hybridized carbons (Fsp3) is 0.625. The Bertz CT molecular complexity index is 373. The van der Waals surface area contributed by atoms with Crippen molar-refractivity contribution in [2.75, 3.05) is 26.7 Å². The fourth-order valence-electron chi connectivity index (χ4n) is 2.43. The molecule has 0 radical (unpaired) electrons. The lowest BCUT2D eigenvalue weighted by Crippen LogP contribution is -2.37. The van der Waals surface area contributed by atoms with Crippen molar-refractivity contribution in [2.45, 2.75) is 32.3 Å². The van der Waals surface area contributed by atoms with Crippen molar-refractivity contribution in [2.24, 2.45) is 5.92 Å². The number of benzene rings is 1. The summed E-state index contributed by atoms with van der Waals surface area (Å²) in [6.45, 7) is 4.19. The molecule has 0 aromatic heterocycles. The highest BCUT2D eigenvalue weighted by atomic mass is 16.5. The van der Waals surface area contributed by atoms with Gasteiger partial charge in [-0.15, -0.1) is 0 Å². The topological polar surface area (TPSA) is 32.7 Å². The second-order valence-electron chi connectivity index (χ2n) is 5.80. The van der Waals surface area contributed by atoms with Crippen molar-refractivity contribution in [3.63, 3.8) is 0 Å². The Morgan fingerprint density at radius 1 is 1.32 bits per heavy atom. The first-order chi connectivity index (χ1) is 9.13. The van der Waals surface area contributed by atoms with E-state index in [-0.39, 0.29) is 0 Å². The minimum atomic E-state index is -0.425. The first kappa shape index (κ1) is 14.4. The molecule has 106 valence electrons. The van der Waals surface area contributed by atoms with Crippen molar-refractivity contribution < 1.29 is 9.84 Å². The molecule has 19 heavy (non-hydrogen) atoms. The van der Waals surface area contributed by atoms with Gasteiger partial charge in [-0.25, -0.2) is 0 Å². The number of nitrogens with zero attached hydrogens (tertiary/aromatic N) is 1. The van der Waals surface area contributed by atoms with Gasteiger partial charge in [0.2, 0.25) is 0 Å². The standard InChI is InChI=1S/C16H25NO2/c1-13-6-8-16(9-7-13)19-12-15(18)11-17(2)10-14-4-3-5-14/h6-9,14-15,18H,3-5,10-12H2,1-2H3. The Morgan fingerprint density at radius 3 is 2.58 bits per heavy atom. The summed E-state index contributed by atoms with van der Waals surface area (Å²) in [5.74, 6) is 1.67. The van der Waals surface area contributed by atoms with Crippen LogP contribution >= 0.6 is 0 Å². The van der Waals surface area contributed by atoms with E-state index in [0.29, 0.717) is 13.2 Å². The molecule has 1 aliphatic rings. The van der Waals surface area contributed by atoms with E-state index < -0.39 is 6.10 Å². The van der Waals surface area contributed by atoms with Gasteiger partial charge >= 0.3 is 0 Å². The van der Waals surface area contributed by atoms with Gasteiger partial charge in [0.25, 0.3) is 0 Å². The summed E-state index contributed by atoms with van der Waals surface area (Å²) in [5.41, 5.74) is 1.22. The molecular weight excluding hydrogens is 238 g/mol. The van der Waals surface area contributed by atoms with Crippen LogP contribution in [-0.2, 0) is 0 Å². The highest BCUT2D eigenvalue weighted by Gasteiger charge is 2.20. The Morgan fingerprint density at radius 2 is 2.00 bits per heavy atom. The molecule has 3 nitrogen and oxygen atoms in total. The Hall–Kier alpha value is -1.06. The van der Waals surface area contributed by atoms with E-state index in [1.54, 1.807) is 0 Å². The van der Waals surface area contributed by atoms with Crippen LogP contribution in [0.25, 0.3) is 0 Å². The van der Waals surface area contributed by atoms with Gasteiger partial charge in [0, 0.05) is 13.1 Å². The van der Waals surface area contributed by atoms with E-state index >= 15 is 0 Å². The molecule has 1 unspecified atom stereocenters. The van der Waals surface area contributed by atoms with Crippen LogP contribution in [-0.4, -0.2) is 42.9 Å². The molecule has 0 amide bonds. The lowest BCUT2D eigenvalue weighted by atomic mass is 9.85. The fourth-order valence-corrected chi connectivity index (χ4v) is 2.43. The summed E-state index contributed by atoms with van der Waals surface area (Å²) >= 11 is 0. The summed E-state index contributed by atoms with van der Waals surface area (Å²) in [6, 6.07) is 7.93. The van der Waals surface area contributed by atoms with E-state index in [4.69, 9.17) is 4.74 Å². The van der Waals surface area contributed by atoms with Crippen molar-refractivity contribution in [1.82, 2.24) is 4.90 Å². The molecule has 1 aromatic rings. The first-order valence-electron chi connectivity index (χ1n) is 7.19. The highest BCUT2D eigenvalue weighted by molar-refractivity contribution is 5.26. The molecule has 1 atom stereocenters. The first-order valence-corrected chi connectivity index (χ1v) is 7.19. The highest BCUT2D eigenvalue weighted by Crippen LogP contribution is 2.26. The van der Waals surface area contributed by atoms with Crippen LogP contribution < -0.4 is 4.74 Å². The number of rotatable bonds is 7. The Kier molecular flexibility index (Phi) is 5.23. The molecule has 1 aliphatic carbocycles.